The molecule has 0 aliphatic carbocycles. The summed E-state index contributed by atoms with van der Waals surface area (Å²) in [6, 6.07) is 4.41. The largest absolute Gasteiger partial charge is 0.319 e. The van der Waals surface area contributed by atoms with E-state index in [0.29, 0.717) is 15.7 Å². The number of hydrogen-bond donors (Lipinski definition) is 1. The van der Waals surface area contributed by atoms with Crippen LogP contribution in [0.1, 0.15) is 23.0 Å². The number of nitrogens with zero attached hydrogens (tertiary/aromatic N) is 2. The highest BCUT2D eigenvalue weighted by molar-refractivity contribution is 9.10. The molecule has 17 heavy (non-hydrogen) atoms. The van der Waals surface area contributed by atoms with Crippen molar-refractivity contribution in [2.24, 2.45) is 5.73 Å². The van der Waals surface area contributed by atoms with Gasteiger partial charge in [0, 0.05) is 11.8 Å². The van der Waals surface area contributed by atoms with E-state index in [1.165, 1.54) is 0 Å². The second-order valence-corrected chi connectivity index (χ2v) is 4.56. The number of halogens is 2. The number of aryl methyl sites for hydroxylation is 1. The lowest BCUT2D eigenvalue weighted by Gasteiger charge is -2.12. The third-order valence-electron chi connectivity index (χ3n) is 2.44. The second-order valence-electron chi connectivity index (χ2n) is 3.70. The van der Waals surface area contributed by atoms with Crippen molar-refractivity contribution in [3.63, 3.8) is 0 Å². The van der Waals surface area contributed by atoms with Gasteiger partial charge in [-0.25, -0.2) is 4.39 Å². The molecule has 0 aliphatic heterocycles. The highest BCUT2D eigenvalue weighted by atomic mass is 79.9. The molecule has 2 rings (SSSR count). The van der Waals surface area contributed by atoms with Crippen LogP contribution in [0.25, 0.3) is 0 Å². The molecule has 5 heteroatoms. The maximum absolute atomic E-state index is 13.8. The first kappa shape index (κ1) is 12.1. The van der Waals surface area contributed by atoms with Crippen LogP contribution in [0.2, 0.25) is 0 Å². The summed E-state index contributed by atoms with van der Waals surface area (Å²) in [4.78, 5) is 8.26. The summed E-state index contributed by atoms with van der Waals surface area (Å²) in [5.41, 5.74) is 7.72. The highest BCUT2D eigenvalue weighted by Crippen LogP contribution is 2.25. The van der Waals surface area contributed by atoms with E-state index in [2.05, 4.69) is 25.9 Å². The Kier molecular flexibility index (Phi) is 3.49. The number of benzene rings is 1. The van der Waals surface area contributed by atoms with Gasteiger partial charge in [0.05, 0.1) is 28.1 Å². The van der Waals surface area contributed by atoms with Crippen molar-refractivity contribution in [3.05, 3.63) is 57.8 Å². The highest BCUT2D eigenvalue weighted by Gasteiger charge is 2.16. The minimum atomic E-state index is -0.611. The van der Waals surface area contributed by atoms with Crippen molar-refractivity contribution >= 4 is 15.9 Å². The molecule has 1 aromatic heterocycles. The van der Waals surface area contributed by atoms with Crippen LogP contribution >= 0.6 is 15.9 Å². The number of hydrogen-bond acceptors (Lipinski definition) is 3. The van der Waals surface area contributed by atoms with Gasteiger partial charge < -0.3 is 5.73 Å². The van der Waals surface area contributed by atoms with Crippen molar-refractivity contribution in [1.82, 2.24) is 9.97 Å². The Balaban J connectivity index is 2.40. The number of nitrogens with two attached hydrogens (primary N) is 1. The van der Waals surface area contributed by atoms with Gasteiger partial charge in [0.25, 0.3) is 0 Å². The van der Waals surface area contributed by atoms with Crippen LogP contribution in [0.4, 0.5) is 4.39 Å². The molecule has 0 radical (unpaired) electrons. The van der Waals surface area contributed by atoms with Crippen molar-refractivity contribution < 1.29 is 4.39 Å². The Bertz CT molecular complexity index is 528. The van der Waals surface area contributed by atoms with E-state index in [0.717, 1.165) is 5.69 Å². The zero-order chi connectivity index (χ0) is 12.4. The van der Waals surface area contributed by atoms with Crippen molar-refractivity contribution in [2.45, 2.75) is 13.0 Å². The van der Waals surface area contributed by atoms with Crippen molar-refractivity contribution in [3.8, 4) is 0 Å². The topological polar surface area (TPSA) is 51.8 Å². The Hall–Kier alpha value is -1.33. The van der Waals surface area contributed by atoms with E-state index in [9.17, 15) is 4.39 Å². The fourth-order valence-electron chi connectivity index (χ4n) is 1.48. The van der Waals surface area contributed by atoms with Crippen LogP contribution in [0.15, 0.2) is 35.1 Å². The third-order valence-corrected chi connectivity index (χ3v) is 3.05. The van der Waals surface area contributed by atoms with Crippen LogP contribution in [0, 0.1) is 12.7 Å². The molecule has 0 aliphatic rings. The zero-order valence-electron chi connectivity index (χ0n) is 9.19. The average molecular weight is 296 g/mol. The molecular weight excluding hydrogens is 285 g/mol. The predicted molar refractivity (Wildman–Crippen MR) is 66.9 cm³/mol. The summed E-state index contributed by atoms with van der Waals surface area (Å²) < 4.78 is 14.2. The van der Waals surface area contributed by atoms with E-state index in [1.807, 2.05) is 6.92 Å². The minimum Gasteiger partial charge on any atom is -0.319 e. The summed E-state index contributed by atoms with van der Waals surface area (Å²) in [6.07, 6.45) is 3.19. The van der Waals surface area contributed by atoms with Crippen LogP contribution in [-0.2, 0) is 0 Å². The minimum absolute atomic E-state index is 0.359. The lowest BCUT2D eigenvalue weighted by molar-refractivity contribution is 0.590. The van der Waals surface area contributed by atoms with Crippen LogP contribution < -0.4 is 5.73 Å². The standard InChI is InChI=1S/C12H11BrFN3/c1-7-5-17-10(6-16-7)12(15)8-3-2-4-9(13)11(8)14/h2-6,12H,15H2,1H3. The molecule has 1 atom stereocenters. The van der Waals surface area contributed by atoms with E-state index in [4.69, 9.17) is 5.73 Å². The molecule has 0 bridgehead atoms. The smallest absolute Gasteiger partial charge is 0.142 e. The summed E-state index contributed by atoms with van der Waals surface area (Å²) in [7, 11) is 0. The maximum atomic E-state index is 13.8. The third kappa shape index (κ3) is 2.50. The molecule has 0 saturated heterocycles. The molecule has 1 heterocycles. The first-order chi connectivity index (χ1) is 8.09. The molecule has 0 fully saturated rings. The molecular formula is C12H11BrFN3. The van der Waals surface area contributed by atoms with Gasteiger partial charge in [0.2, 0.25) is 0 Å². The monoisotopic (exact) mass is 295 g/mol. The van der Waals surface area contributed by atoms with E-state index in [1.54, 1.807) is 30.6 Å². The van der Waals surface area contributed by atoms with Crippen molar-refractivity contribution in [1.29, 1.82) is 0 Å². The molecule has 0 amide bonds. The number of aromatic nitrogens is 2. The second kappa shape index (κ2) is 4.89. The molecule has 3 nitrogen and oxygen atoms in total. The lowest BCUT2D eigenvalue weighted by atomic mass is 10.0. The van der Waals surface area contributed by atoms with Gasteiger partial charge in [0.15, 0.2) is 0 Å². The van der Waals surface area contributed by atoms with Gasteiger partial charge in [-0.15, -0.1) is 0 Å². The fraction of sp³-hybridized carbons (Fsp3) is 0.167. The molecule has 2 N–H and O–H groups in total. The molecule has 0 saturated carbocycles. The Labute approximate surface area is 107 Å². The van der Waals surface area contributed by atoms with E-state index in [-0.39, 0.29) is 5.82 Å². The van der Waals surface area contributed by atoms with Gasteiger partial charge in [-0.3, -0.25) is 9.97 Å². The van der Waals surface area contributed by atoms with Crippen LogP contribution in [-0.4, -0.2) is 9.97 Å². The SMILES string of the molecule is Cc1cnc(C(N)c2cccc(Br)c2F)cn1. The Morgan fingerprint density at radius 2 is 2.06 bits per heavy atom. The zero-order valence-corrected chi connectivity index (χ0v) is 10.8. The molecule has 2 aromatic rings. The van der Waals surface area contributed by atoms with Gasteiger partial charge in [0.1, 0.15) is 5.82 Å². The summed E-state index contributed by atoms with van der Waals surface area (Å²) in [5, 5.41) is 0. The van der Waals surface area contributed by atoms with Gasteiger partial charge in [-0.2, -0.15) is 0 Å². The lowest BCUT2D eigenvalue weighted by Crippen LogP contribution is -2.15. The Morgan fingerprint density at radius 3 is 2.71 bits per heavy atom. The molecule has 0 spiro atoms. The van der Waals surface area contributed by atoms with E-state index < -0.39 is 6.04 Å². The summed E-state index contributed by atoms with van der Waals surface area (Å²) in [6.45, 7) is 1.84. The predicted octanol–water partition coefficient (Wildman–Crippen LogP) is 2.73. The normalized spacial score (nSPS) is 12.5. The van der Waals surface area contributed by atoms with E-state index >= 15 is 0 Å². The fourth-order valence-corrected chi connectivity index (χ4v) is 1.86. The summed E-state index contributed by atoms with van der Waals surface area (Å²) >= 11 is 3.13. The number of rotatable bonds is 2. The van der Waals surface area contributed by atoms with Crippen molar-refractivity contribution in [2.75, 3.05) is 0 Å². The average Bonchev–Trinajstić information content (AvgIpc) is 2.33. The summed E-state index contributed by atoms with van der Waals surface area (Å²) in [5.74, 6) is -0.359. The molecule has 88 valence electrons. The molecule has 1 unspecified atom stereocenters. The van der Waals surface area contributed by atoms with Crippen LogP contribution in [0.3, 0.4) is 0 Å². The van der Waals surface area contributed by atoms with Gasteiger partial charge in [-0.1, -0.05) is 12.1 Å². The first-order valence-corrected chi connectivity index (χ1v) is 5.87. The quantitative estimate of drug-likeness (QED) is 0.927. The van der Waals surface area contributed by atoms with Gasteiger partial charge >= 0.3 is 0 Å². The maximum Gasteiger partial charge on any atom is 0.142 e. The molecule has 1 aromatic carbocycles. The van der Waals surface area contributed by atoms with Crippen LogP contribution in [0.5, 0.6) is 0 Å². The Morgan fingerprint density at radius 1 is 1.29 bits per heavy atom. The first-order valence-electron chi connectivity index (χ1n) is 5.07. The van der Waals surface area contributed by atoms with Gasteiger partial charge in [-0.05, 0) is 28.9 Å².